The summed E-state index contributed by atoms with van der Waals surface area (Å²) in [6.07, 6.45) is -1.95. The largest absolute Gasteiger partial charge is 0.416 e. The topological polar surface area (TPSA) is 12.0 Å². The third-order valence-electron chi connectivity index (χ3n) is 3.05. The van der Waals surface area contributed by atoms with Crippen molar-refractivity contribution >= 4 is 24.2 Å². The minimum Gasteiger partial charge on any atom is -0.317 e. The van der Waals surface area contributed by atoms with Crippen molar-refractivity contribution in [2.45, 2.75) is 30.0 Å². The van der Waals surface area contributed by atoms with Crippen LogP contribution in [0.15, 0.2) is 24.3 Å². The first-order chi connectivity index (χ1) is 8.55. The van der Waals surface area contributed by atoms with Crippen molar-refractivity contribution in [2.24, 2.45) is 0 Å². The van der Waals surface area contributed by atoms with Crippen LogP contribution in [0.2, 0.25) is 0 Å². The lowest BCUT2D eigenvalue weighted by Crippen LogP contribution is -2.29. The Kier molecular flexibility index (Phi) is 6.50. The first-order valence-corrected chi connectivity index (χ1v) is 7.09. The van der Waals surface area contributed by atoms with Crippen LogP contribution in [0, 0.1) is 0 Å². The van der Waals surface area contributed by atoms with E-state index in [-0.39, 0.29) is 12.4 Å². The van der Waals surface area contributed by atoms with Crippen LogP contribution in [0.5, 0.6) is 0 Å². The summed E-state index contributed by atoms with van der Waals surface area (Å²) in [4.78, 5) is 0. The Bertz CT molecular complexity index is 374. The summed E-state index contributed by atoms with van der Waals surface area (Å²) in [5, 5.41) is 3.93. The highest BCUT2D eigenvalue weighted by Gasteiger charge is 2.29. The molecule has 108 valence electrons. The summed E-state index contributed by atoms with van der Waals surface area (Å²) in [6.45, 7) is 2.09. The number of hydrogen-bond acceptors (Lipinski definition) is 2. The molecule has 0 spiro atoms. The van der Waals surface area contributed by atoms with Gasteiger partial charge in [0.1, 0.15) is 0 Å². The number of halogens is 4. The van der Waals surface area contributed by atoms with Crippen LogP contribution in [0.1, 0.15) is 24.0 Å². The summed E-state index contributed by atoms with van der Waals surface area (Å²) >= 11 is 1.84. The highest BCUT2D eigenvalue weighted by molar-refractivity contribution is 7.99. The molecule has 1 heterocycles. The quantitative estimate of drug-likeness (QED) is 0.901. The van der Waals surface area contributed by atoms with Crippen molar-refractivity contribution in [3.8, 4) is 0 Å². The molecule has 6 heteroatoms. The Balaban J connectivity index is 0.00000180. The zero-order chi connectivity index (χ0) is 13.0. The van der Waals surface area contributed by atoms with Gasteiger partial charge in [-0.15, -0.1) is 12.4 Å². The van der Waals surface area contributed by atoms with Crippen LogP contribution in [0.4, 0.5) is 13.2 Å². The van der Waals surface area contributed by atoms with Gasteiger partial charge in [-0.3, -0.25) is 0 Å². The van der Waals surface area contributed by atoms with E-state index in [1.807, 2.05) is 11.8 Å². The van der Waals surface area contributed by atoms with Crippen molar-refractivity contribution in [1.82, 2.24) is 5.32 Å². The number of piperidine rings is 1. The van der Waals surface area contributed by atoms with E-state index in [4.69, 9.17) is 0 Å². The Morgan fingerprint density at radius 1 is 1.11 bits per heavy atom. The van der Waals surface area contributed by atoms with Gasteiger partial charge in [0.05, 0.1) is 5.56 Å². The number of nitrogens with one attached hydrogen (secondary N) is 1. The second kappa shape index (κ2) is 7.41. The van der Waals surface area contributed by atoms with Gasteiger partial charge in [-0.05, 0) is 43.6 Å². The molecule has 19 heavy (non-hydrogen) atoms. The molecule has 1 fully saturated rings. The van der Waals surface area contributed by atoms with E-state index in [0.29, 0.717) is 5.25 Å². The number of thioether (sulfide) groups is 1. The van der Waals surface area contributed by atoms with E-state index in [1.165, 1.54) is 0 Å². The Morgan fingerprint density at radius 2 is 1.68 bits per heavy atom. The van der Waals surface area contributed by atoms with E-state index in [9.17, 15) is 13.2 Å². The molecule has 0 aliphatic carbocycles. The Hall–Kier alpha value is -0.390. The van der Waals surface area contributed by atoms with Crippen molar-refractivity contribution < 1.29 is 13.2 Å². The van der Waals surface area contributed by atoms with Gasteiger partial charge < -0.3 is 5.32 Å². The number of rotatable bonds is 3. The fourth-order valence-electron chi connectivity index (χ4n) is 1.97. The van der Waals surface area contributed by atoms with E-state index in [0.717, 1.165) is 49.4 Å². The lowest BCUT2D eigenvalue weighted by Gasteiger charge is -2.22. The highest BCUT2D eigenvalue weighted by atomic mass is 35.5. The van der Waals surface area contributed by atoms with Gasteiger partial charge in [-0.1, -0.05) is 12.1 Å². The van der Waals surface area contributed by atoms with Crippen LogP contribution >= 0.6 is 24.2 Å². The highest BCUT2D eigenvalue weighted by Crippen LogP contribution is 2.30. The maximum atomic E-state index is 12.4. The van der Waals surface area contributed by atoms with Gasteiger partial charge in [-0.2, -0.15) is 24.9 Å². The molecule has 1 N–H and O–H groups in total. The maximum absolute atomic E-state index is 12.4. The molecule has 1 aliphatic heterocycles. The SMILES string of the molecule is Cl.FC(F)(F)c1ccc(CSC2CCNCC2)cc1. The molecule has 2 rings (SSSR count). The standard InChI is InChI=1S/C13H16F3NS.ClH/c14-13(15,16)11-3-1-10(2-4-11)9-18-12-5-7-17-8-6-12;/h1-4,12,17H,5-9H2;1H. The van der Waals surface area contributed by atoms with Gasteiger partial charge >= 0.3 is 6.18 Å². The van der Waals surface area contributed by atoms with Crippen molar-refractivity contribution in [3.63, 3.8) is 0 Å². The van der Waals surface area contributed by atoms with E-state index >= 15 is 0 Å². The minimum atomic E-state index is -4.24. The molecule has 0 aromatic heterocycles. The second-order valence-electron chi connectivity index (χ2n) is 4.46. The zero-order valence-corrected chi connectivity index (χ0v) is 12.0. The first-order valence-electron chi connectivity index (χ1n) is 6.04. The van der Waals surface area contributed by atoms with Gasteiger partial charge in [0.15, 0.2) is 0 Å². The summed E-state index contributed by atoms with van der Waals surface area (Å²) in [5.74, 6) is 0.794. The molecule has 1 nitrogen and oxygen atoms in total. The van der Waals surface area contributed by atoms with Gasteiger partial charge in [0, 0.05) is 11.0 Å². The Labute approximate surface area is 121 Å². The molecule has 0 radical (unpaired) electrons. The van der Waals surface area contributed by atoms with Crippen LogP contribution in [-0.4, -0.2) is 18.3 Å². The molecule has 1 aromatic carbocycles. The van der Waals surface area contributed by atoms with Crippen molar-refractivity contribution in [2.75, 3.05) is 13.1 Å². The predicted octanol–water partition coefficient (Wildman–Crippen LogP) is 4.11. The average Bonchev–Trinajstić information content (AvgIpc) is 2.37. The predicted molar refractivity (Wildman–Crippen MR) is 75.9 cm³/mol. The molecule has 0 atom stereocenters. The van der Waals surface area contributed by atoms with E-state index < -0.39 is 11.7 Å². The maximum Gasteiger partial charge on any atom is 0.416 e. The molecule has 1 saturated heterocycles. The van der Waals surface area contributed by atoms with Crippen LogP contribution in [-0.2, 0) is 11.9 Å². The lowest BCUT2D eigenvalue weighted by atomic mass is 10.1. The summed E-state index contributed by atoms with van der Waals surface area (Å²) in [5.41, 5.74) is 0.393. The van der Waals surface area contributed by atoms with Crippen molar-refractivity contribution in [3.05, 3.63) is 35.4 Å². The van der Waals surface area contributed by atoms with Crippen LogP contribution in [0.3, 0.4) is 0 Å². The molecule has 1 aromatic rings. The zero-order valence-electron chi connectivity index (χ0n) is 10.4. The van der Waals surface area contributed by atoms with Gasteiger partial charge in [0.25, 0.3) is 0 Å². The third kappa shape index (κ3) is 5.24. The lowest BCUT2D eigenvalue weighted by molar-refractivity contribution is -0.137. The van der Waals surface area contributed by atoms with Crippen LogP contribution < -0.4 is 5.32 Å². The third-order valence-corrected chi connectivity index (χ3v) is 4.50. The number of alkyl halides is 3. The minimum absolute atomic E-state index is 0. The summed E-state index contributed by atoms with van der Waals surface area (Å²) in [6, 6.07) is 5.49. The summed E-state index contributed by atoms with van der Waals surface area (Å²) < 4.78 is 37.2. The molecular weight excluding hydrogens is 295 g/mol. The first kappa shape index (κ1) is 16.7. The molecule has 0 bridgehead atoms. The molecular formula is C13H17ClF3NS. The summed E-state index contributed by atoms with van der Waals surface area (Å²) in [7, 11) is 0. The normalized spacial score (nSPS) is 17.0. The molecule has 0 saturated carbocycles. The number of hydrogen-bond donors (Lipinski definition) is 1. The molecule has 0 amide bonds. The smallest absolute Gasteiger partial charge is 0.317 e. The molecule has 1 aliphatic rings. The van der Waals surface area contributed by atoms with Crippen LogP contribution in [0.25, 0.3) is 0 Å². The monoisotopic (exact) mass is 311 g/mol. The fraction of sp³-hybridized carbons (Fsp3) is 0.538. The van der Waals surface area contributed by atoms with E-state index in [2.05, 4.69) is 5.32 Å². The average molecular weight is 312 g/mol. The molecule has 0 unspecified atom stereocenters. The van der Waals surface area contributed by atoms with Gasteiger partial charge in [-0.25, -0.2) is 0 Å². The van der Waals surface area contributed by atoms with Crippen molar-refractivity contribution in [1.29, 1.82) is 0 Å². The Morgan fingerprint density at radius 3 is 2.21 bits per heavy atom. The fourth-order valence-corrected chi connectivity index (χ4v) is 3.16. The number of benzene rings is 1. The second-order valence-corrected chi connectivity index (χ2v) is 5.74. The van der Waals surface area contributed by atoms with E-state index in [1.54, 1.807) is 12.1 Å². The van der Waals surface area contributed by atoms with Gasteiger partial charge in [0.2, 0.25) is 0 Å².